The van der Waals surface area contributed by atoms with Crippen LogP contribution in [0.25, 0.3) is 0 Å². The van der Waals surface area contributed by atoms with Crippen molar-refractivity contribution in [1.82, 2.24) is 9.29 Å². The summed E-state index contributed by atoms with van der Waals surface area (Å²) in [4.78, 5) is 5.37. The highest BCUT2D eigenvalue weighted by atomic mass is 32.2. The summed E-state index contributed by atoms with van der Waals surface area (Å²) in [6.45, 7) is 2.23. The normalized spacial score (nSPS) is 11.5. The Morgan fingerprint density at radius 3 is 2.71 bits per heavy atom. The lowest BCUT2D eigenvalue weighted by molar-refractivity contribution is 0.465. The minimum Gasteiger partial charge on any atom is -0.248 e. The van der Waals surface area contributed by atoms with Gasteiger partial charge in [-0.25, -0.2) is 13.4 Å². The summed E-state index contributed by atoms with van der Waals surface area (Å²) in [7, 11) is -2.20. The van der Waals surface area contributed by atoms with E-state index in [-0.39, 0.29) is 17.0 Å². The minimum atomic E-state index is -3.70. The number of aromatic nitrogens is 1. The van der Waals surface area contributed by atoms with Gasteiger partial charge in [-0.2, -0.15) is 9.57 Å². The molecule has 7 heteroatoms. The van der Waals surface area contributed by atoms with E-state index in [0.29, 0.717) is 0 Å². The third-order valence-electron chi connectivity index (χ3n) is 3.00. The molecule has 2 rings (SSSR count). The molecule has 0 aliphatic heterocycles. The third-order valence-corrected chi connectivity index (χ3v) is 5.99. The van der Waals surface area contributed by atoms with Gasteiger partial charge in [0.25, 0.3) is 0 Å². The Balaban J connectivity index is 2.28. The molecule has 0 N–H and O–H groups in total. The summed E-state index contributed by atoms with van der Waals surface area (Å²) in [5.41, 5.74) is 0.151. The number of sulfonamides is 1. The molecule has 21 heavy (non-hydrogen) atoms. The molecule has 0 saturated heterocycles. The fourth-order valence-corrected chi connectivity index (χ4v) is 4.08. The van der Waals surface area contributed by atoms with Gasteiger partial charge in [-0.1, -0.05) is 19.1 Å². The first-order valence-corrected chi connectivity index (χ1v) is 8.63. The molecule has 0 bridgehead atoms. The lowest BCUT2D eigenvalue weighted by Gasteiger charge is -2.16. The Morgan fingerprint density at radius 1 is 1.38 bits per heavy atom. The zero-order chi connectivity index (χ0) is 15.5. The number of nitriles is 1. The van der Waals surface area contributed by atoms with Crippen LogP contribution in [-0.2, 0) is 23.0 Å². The summed E-state index contributed by atoms with van der Waals surface area (Å²) in [5.74, 6) is 0. The zero-order valence-corrected chi connectivity index (χ0v) is 13.4. The van der Waals surface area contributed by atoms with E-state index in [9.17, 15) is 8.42 Å². The first kappa shape index (κ1) is 15.6. The van der Waals surface area contributed by atoms with Gasteiger partial charge in [0.1, 0.15) is 11.1 Å². The minimum absolute atomic E-state index is 0.0299. The van der Waals surface area contributed by atoms with Crippen LogP contribution in [0.4, 0.5) is 0 Å². The second kappa shape index (κ2) is 6.35. The van der Waals surface area contributed by atoms with E-state index in [1.807, 2.05) is 13.0 Å². The average molecular weight is 321 g/mol. The van der Waals surface area contributed by atoms with Crippen LogP contribution in [-0.4, -0.2) is 24.8 Å². The van der Waals surface area contributed by atoms with Gasteiger partial charge in [-0.3, -0.25) is 0 Å². The van der Waals surface area contributed by atoms with E-state index in [1.165, 1.54) is 34.8 Å². The van der Waals surface area contributed by atoms with Crippen molar-refractivity contribution >= 4 is 21.4 Å². The third kappa shape index (κ3) is 3.29. The highest BCUT2D eigenvalue weighted by Gasteiger charge is 2.24. The number of aryl methyl sites for hydroxylation is 1. The van der Waals surface area contributed by atoms with Gasteiger partial charge < -0.3 is 0 Å². The second-order valence-corrected chi connectivity index (χ2v) is 7.66. The summed E-state index contributed by atoms with van der Waals surface area (Å²) in [6, 6.07) is 8.12. The molecule has 0 atom stereocenters. The van der Waals surface area contributed by atoms with E-state index in [2.05, 4.69) is 4.98 Å². The lowest BCUT2D eigenvalue weighted by atomic mass is 10.2. The summed E-state index contributed by atoms with van der Waals surface area (Å²) < 4.78 is 26.3. The van der Waals surface area contributed by atoms with Gasteiger partial charge in [0.2, 0.25) is 10.0 Å². The molecular weight excluding hydrogens is 306 g/mol. The molecule has 0 aliphatic carbocycles. The Bertz CT molecular complexity index is 776. The van der Waals surface area contributed by atoms with E-state index < -0.39 is 10.0 Å². The maximum absolute atomic E-state index is 12.5. The molecule has 1 aromatic carbocycles. The van der Waals surface area contributed by atoms with E-state index in [0.717, 1.165) is 16.3 Å². The molecule has 5 nitrogen and oxygen atoms in total. The highest BCUT2D eigenvalue weighted by Crippen LogP contribution is 2.22. The van der Waals surface area contributed by atoms with Crippen molar-refractivity contribution in [2.45, 2.75) is 24.8 Å². The Labute approximate surface area is 128 Å². The number of hydrogen-bond acceptors (Lipinski definition) is 5. The quantitative estimate of drug-likeness (QED) is 0.847. The molecule has 0 saturated carbocycles. The van der Waals surface area contributed by atoms with Crippen LogP contribution in [0, 0.1) is 11.3 Å². The Morgan fingerprint density at radius 2 is 2.10 bits per heavy atom. The molecule has 0 spiro atoms. The van der Waals surface area contributed by atoms with Gasteiger partial charge in [0.15, 0.2) is 0 Å². The first-order chi connectivity index (χ1) is 9.98. The summed E-state index contributed by atoms with van der Waals surface area (Å²) >= 11 is 1.50. The van der Waals surface area contributed by atoms with E-state index >= 15 is 0 Å². The number of rotatable bonds is 5. The Hall–Kier alpha value is -1.75. The standard InChI is InChI=1S/C14H15N3O2S2/c1-3-12-9-16-14(20-12)10-17(2)21(18,19)13-7-5-4-6-11(13)8-15/h4-7,9H,3,10H2,1-2H3. The summed E-state index contributed by atoms with van der Waals surface area (Å²) in [6.07, 6.45) is 2.65. The van der Waals surface area contributed by atoms with Crippen LogP contribution in [0.3, 0.4) is 0 Å². The average Bonchev–Trinajstić information content (AvgIpc) is 2.94. The zero-order valence-electron chi connectivity index (χ0n) is 11.8. The van der Waals surface area contributed by atoms with Gasteiger partial charge >= 0.3 is 0 Å². The van der Waals surface area contributed by atoms with Crippen LogP contribution in [0.5, 0.6) is 0 Å². The maximum Gasteiger partial charge on any atom is 0.244 e. The van der Waals surface area contributed by atoms with Crippen molar-refractivity contribution < 1.29 is 8.42 Å². The van der Waals surface area contributed by atoms with Gasteiger partial charge in [-0.15, -0.1) is 11.3 Å². The molecule has 2 aromatic rings. The van der Waals surface area contributed by atoms with Gasteiger partial charge in [-0.05, 0) is 18.6 Å². The number of thiazole rings is 1. The first-order valence-electron chi connectivity index (χ1n) is 6.38. The summed E-state index contributed by atoms with van der Waals surface area (Å²) in [5, 5.41) is 9.79. The predicted octanol–water partition coefficient (Wildman–Crippen LogP) is 2.40. The molecule has 0 radical (unpaired) electrons. The van der Waals surface area contributed by atoms with Crippen LogP contribution in [0.1, 0.15) is 22.4 Å². The molecule has 1 aromatic heterocycles. The molecule has 0 unspecified atom stereocenters. The van der Waals surface area contributed by atoms with E-state index in [1.54, 1.807) is 18.3 Å². The number of benzene rings is 1. The molecular formula is C14H15N3O2S2. The predicted molar refractivity (Wildman–Crippen MR) is 81.3 cm³/mol. The fraction of sp³-hybridized carbons (Fsp3) is 0.286. The molecule has 1 heterocycles. The van der Waals surface area contributed by atoms with E-state index in [4.69, 9.17) is 5.26 Å². The van der Waals surface area contributed by atoms with Crippen LogP contribution in [0.2, 0.25) is 0 Å². The smallest absolute Gasteiger partial charge is 0.244 e. The monoisotopic (exact) mass is 321 g/mol. The van der Waals surface area contributed by atoms with Gasteiger partial charge in [0.05, 0.1) is 17.0 Å². The fourth-order valence-electron chi connectivity index (χ4n) is 1.81. The largest absolute Gasteiger partial charge is 0.248 e. The van der Waals surface area contributed by atoms with Crippen molar-refractivity contribution in [1.29, 1.82) is 5.26 Å². The van der Waals surface area contributed by atoms with Crippen molar-refractivity contribution in [3.8, 4) is 6.07 Å². The second-order valence-electron chi connectivity index (χ2n) is 4.44. The maximum atomic E-state index is 12.5. The lowest BCUT2D eigenvalue weighted by Crippen LogP contribution is -2.27. The van der Waals surface area contributed by atoms with Gasteiger partial charge in [0, 0.05) is 18.1 Å². The number of nitrogens with zero attached hydrogens (tertiary/aromatic N) is 3. The Kier molecular flexibility index (Phi) is 4.73. The highest BCUT2D eigenvalue weighted by molar-refractivity contribution is 7.89. The van der Waals surface area contributed by atoms with Crippen molar-refractivity contribution in [2.24, 2.45) is 0 Å². The van der Waals surface area contributed by atoms with Crippen molar-refractivity contribution in [3.05, 3.63) is 45.9 Å². The molecule has 0 aliphatic rings. The molecule has 110 valence electrons. The van der Waals surface area contributed by atoms with Crippen LogP contribution >= 0.6 is 11.3 Å². The van der Waals surface area contributed by atoms with Crippen LogP contribution < -0.4 is 0 Å². The SMILES string of the molecule is CCc1cnc(CN(C)S(=O)(=O)c2ccccc2C#N)s1. The van der Waals surface area contributed by atoms with Crippen LogP contribution in [0.15, 0.2) is 35.4 Å². The number of hydrogen-bond donors (Lipinski definition) is 0. The molecule has 0 fully saturated rings. The van der Waals surface area contributed by atoms with Crippen molar-refractivity contribution in [3.63, 3.8) is 0 Å². The molecule has 0 amide bonds. The topological polar surface area (TPSA) is 74.1 Å². The van der Waals surface area contributed by atoms with Crippen molar-refractivity contribution in [2.75, 3.05) is 7.05 Å².